The number of carbonyl (C=O) groups excluding carboxylic acids is 1. The lowest BCUT2D eigenvalue weighted by Crippen LogP contribution is -2.28. The van der Waals surface area contributed by atoms with Crippen LogP contribution in [0.5, 0.6) is 0 Å². The molecule has 1 unspecified atom stereocenters. The van der Waals surface area contributed by atoms with Gasteiger partial charge in [-0.1, -0.05) is 23.8 Å². The third kappa shape index (κ3) is 2.78. The van der Waals surface area contributed by atoms with Crippen LogP contribution in [0, 0.1) is 5.92 Å². The van der Waals surface area contributed by atoms with Gasteiger partial charge in [-0.15, -0.1) is 0 Å². The fraction of sp³-hybridized carbons (Fsp3) is 0.385. The van der Waals surface area contributed by atoms with Crippen LogP contribution in [0.2, 0.25) is 0 Å². The van der Waals surface area contributed by atoms with E-state index in [0.717, 1.165) is 5.71 Å². The van der Waals surface area contributed by atoms with Crippen LogP contribution >= 0.6 is 0 Å². The zero-order chi connectivity index (χ0) is 12.3. The van der Waals surface area contributed by atoms with E-state index in [-0.39, 0.29) is 18.4 Å². The van der Waals surface area contributed by atoms with Gasteiger partial charge in [0.2, 0.25) is 0 Å². The second-order valence-corrected chi connectivity index (χ2v) is 4.20. The summed E-state index contributed by atoms with van der Waals surface area (Å²) in [5, 5.41) is 11.7. The first-order valence-corrected chi connectivity index (χ1v) is 5.72. The van der Waals surface area contributed by atoms with Crippen molar-refractivity contribution in [2.45, 2.75) is 6.92 Å². The monoisotopic (exact) mass is 232 g/mol. The van der Waals surface area contributed by atoms with E-state index in [1.807, 2.05) is 25.2 Å². The third-order valence-corrected chi connectivity index (χ3v) is 2.79. The summed E-state index contributed by atoms with van der Waals surface area (Å²) in [4.78, 5) is 15.8. The largest absolute Gasteiger partial charge is 0.395 e. The predicted molar refractivity (Wildman–Crippen MR) is 66.9 cm³/mol. The molecule has 0 saturated carbocycles. The summed E-state index contributed by atoms with van der Waals surface area (Å²) < 4.78 is 0. The molecule has 0 spiro atoms. The van der Waals surface area contributed by atoms with Crippen LogP contribution in [0.4, 0.5) is 0 Å². The Morgan fingerprint density at radius 2 is 2.24 bits per heavy atom. The summed E-state index contributed by atoms with van der Waals surface area (Å²) in [6, 6.07) is 0. The topological polar surface area (TPSA) is 61.7 Å². The SMILES string of the molecule is CC1=CC2C=C(CNCCO)C(=O)N=C2C=C1. The van der Waals surface area contributed by atoms with Crippen molar-refractivity contribution >= 4 is 11.6 Å². The van der Waals surface area contributed by atoms with E-state index in [1.165, 1.54) is 5.57 Å². The van der Waals surface area contributed by atoms with E-state index in [9.17, 15) is 4.79 Å². The number of carbonyl (C=O) groups is 1. The van der Waals surface area contributed by atoms with E-state index in [0.29, 0.717) is 18.7 Å². The Morgan fingerprint density at radius 1 is 1.41 bits per heavy atom. The molecular formula is C13H16N2O2. The average Bonchev–Trinajstić information content (AvgIpc) is 2.31. The Balaban J connectivity index is 2.10. The van der Waals surface area contributed by atoms with Crippen molar-refractivity contribution in [2.75, 3.05) is 19.7 Å². The Kier molecular flexibility index (Phi) is 3.66. The number of hydrogen-bond donors (Lipinski definition) is 2. The number of rotatable bonds is 4. The minimum Gasteiger partial charge on any atom is -0.395 e. The molecule has 90 valence electrons. The highest BCUT2D eigenvalue weighted by molar-refractivity contribution is 6.13. The first-order valence-electron chi connectivity index (χ1n) is 5.72. The molecule has 0 aromatic carbocycles. The molecule has 1 heterocycles. The number of dihydropyridines is 1. The fourth-order valence-electron chi connectivity index (χ4n) is 1.91. The minimum absolute atomic E-state index is 0.0706. The molecule has 0 bridgehead atoms. The third-order valence-electron chi connectivity index (χ3n) is 2.79. The zero-order valence-electron chi connectivity index (χ0n) is 9.81. The van der Waals surface area contributed by atoms with E-state index in [2.05, 4.69) is 16.4 Å². The van der Waals surface area contributed by atoms with Gasteiger partial charge in [-0.25, -0.2) is 4.99 Å². The highest BCUT2D eigenvalue weighted by Gasteiger charge is 2.22. The Hall–Kier alpha value is -1.52. The van der Waals surface area contributed by atoms with Gasteiger partial charge in [-0.2, -0.15) is 0 Å². The molecule has 1 aliphatic heterocycles. The molecule has 0 radical (unpaired) electrons. The molecule has 2 N–H and O–H groups in total. The lowest BCUT2D eigenvalue weighted by Gasteiger charge is -2.20. The predicted octanol–water partition coefficient (Wildman–Crippen LogP) is 0.608. The molecule has 0 aromatic rings. The summed E-state index contributed by atoms with van der Waals surface area (Å²) in [6.07, 6.45) is 7.90. The van der Waals surface area contributed by atoms with E-state index in [1.54, 1.807) is 0 Å². The number of aliphatic imine (C=N–C) groups is 1. The molecule has 0 fully saturated rings. The normalized spacial score (nSPS) is 22.8. The molecule has 0 aromatic heterocycles. The Labute approximate surface area is 100 Å². The van der Waals surface area contributed by atoms with Crippen LogP contribution in [0.25, 0.3) is 0 Å². The summed E-state index contributed by atoms with van der Waals surface area (Å²) in [7, 11) is 0. The molecule has 2 aliphatic rings. The van der Waals surface area contributed by atoms with Crippen LogP contribution in [0.3, 0.4) is 0 Å². The van der Waals surface area contributed by atoms with Crippen molar-refractivity contribution in [2.24, 2.45) is 10.9 Å². The molecule has 1 amide bonds. The number of allylic oxidation sites excluding steroid dienone is 5. The van der Waals surface area contributed by atoms with Gasteiger partial charge in [0.25, 0.3) is 5.91 Å². The van der Waals surface area contributed by atoms with Gasteiger partial charge >= 0.3 is 0 Å². The molecule has 4 heteroatoms. The van der Waals surface area contributed by atoms with Gasteiger partial charge in [-0.05, 0) is 13.0 Å². The highest BCUT2D eigenvalue weighted by atomic mass is 16.3. The summed E-state index contributed by atoms with van der Waals surface area (Å²) >= 11 is 0. The number of nitrogens with one attached hydrogen (secondary N) is 1. The average molecular weight is 232 g/mol. The molecule has 0 saturated heterocycles. The number of nitrogens with zero attached hydrogens (tertiary/aromatic N) is 1. The van der Waals surface area contributed by atoms with E-state index < -0.39 is 0 Å². The summed E-state index contributed by atoms with van der Waals surface area (Å²) in [5.41, 5.74) is 2.67. The van der Waals surface area contributed by atoms with Crippen molar-refractivity contribution in [1.82, 2.24) is 5.32 Å². The lowest BCUT2D eigenvalue weighted by molar-refractivity contribution is -0.114. The van der Waals surface area contributed by atoms with Crippen molar-refractivity contribution in [3.8, 4) is 0 Å². The van der Waals surface area contributed by atoms with Gasteiger partial charge in [-0.3, -0.25) is 4.79 Å². The maximum absolute atomic E-state index is 11.7. The zero-order valence-corrected chi connectivity index (χ0v) is 9.81. The summed E-state index contributed by atoms with van der Waals surface area (Å²) in [6.45, 7) is 3.05. The number of hydrogen-bond acceptors (Lipinski definition) is 3. The molecule has 1 atom stereocenters. The van der Waals surface area contributed by atoms with Crippen molar-refractivity contribution in [3.05, 3.63) is 35.5 Å². The van der Waals surface area contributed by atoms with Gasteiger partial charge in [0.15, 0.2) is 0 Å². The lowest BCUT2D eigenvalue weighted by atomic mass is 9.90. The minimum atomic E-state index is -0.181. The van der Waals surface area contributed by atoms with Crippen LogP contribution in [-0.4, -0.2) is 36.4 Å². The number of aliphatic hydroxyl groups excluding tert-OH is 1. The standard InChI is InChI=1S/C13H16N2O2/c1-9-2-3-12-10(6-9)7-11(13(17)15-12)8-14-4-5-16/h2-3,6-7,10,14,16H,4-5,8H2,1H3. The molecule has 1 aliphatic carbocycles. The number of amides is 1. The van der Waals surface area contributed by atoms with Crippen molar-refractivity contribution < 1.29 is 9.90 Å². The first kappa shape index (κ1) is 12.0. The van der Waals surface area contributed by atoms with E-state index in [4.69, 9.17) is 5.11 Å². The highest BCUT2D eigenvalue weighted by Crippen LogP contribution is 2.21. The second-order valence-electron chi connectivity index (χ2n) is 4.20. The van der Waals surface area contributed by atoms with E-state index >= 15 is 0 Å². The van der Waals surface area contributed by atoms with Gasteiger partial charge in [0.05, 0.1) is 12.3 Å². The maximum Gasteiger partial charge on any atom is 0.274 e. The first-order chi connectivity index (χ1) is 8.20. The quantitative estimate of drug-likeness (QED) is 0.698. The van der Waals surface area contributed by atoms with Gasteiger partial charge in [0, 0.05) is 24.6 Å². The van der Waals surface area contributed by atoms with Crippen LogP contribution in [0.15, 0.2) is 40.4 Å². The van der Waals surface area contributed by atoms with Gasteiger partial charge in [0.1, 0.15) is 0 Å². The van der Waals surface area contributed by atoms with Crippen LogP contribution < -0.4 is 5.32 Å². The molecular weight excluding hydrogens is 216 g/mol. The van der Waals surface area contributed by atoms with Crippen molar-refractivity contribution in [1.29, 1.82) is 0 Å². The summed E-state index contributed by atoms with van der Waals surface area (Å²) in [5.74, 6) is -0.0667. The van der Waals surface area contributed by atoms with Crippen LogP contribution in [0.1, 0.15) is 6.92 Å². The van der Waals surface area contributed by atoms with Crippen LogP contribution in [-0.2, 0) is 4.79 Å². The fourth-order valence-corrected chi connectivity index (χ4v) is 1.91. The molecule has 17 heavy (non-hydrogen) atoms. The van der Waals surface area contributed by atoms with Gasteiger partial charge < -0.3 is 10.4 Å². The Bertz CT molecular complexity index is 444. The molecule has 4 nitrogen and oxygen atoms in total. The maximum atomic E-state index is 11.7. The number of aliphatic hydroxyl groups is 1. The van der Waals surface area contributed by atoms with Crippen molar-refractivity contribution in [3.63, 3.8) is 0 Å². The number of fused-ring (bicyclic) bond motifs is 1. The Morgan fingerprint density at radius 3 is 3.00 bits per heavy atom. The smallest absolute Gasteiger partial charge is 0.274 e. The second kappa shape index (κ2) is 5.21. The molecule has 2 rings (SSSR count).